The van der Waals surface area contributed by atoms with E-state index in [2.05, 4.69) is 24.4 Å². The molecule has 4 nitrogen and oxygen atoms in total. The van der Waals surface area contributed by atoms with Gasteiger partial charge in [0.1, 0.15) is 0 Å². The number of hydrogen-bond acceptors (Lipinski definition) is 3. The highest BCUT2D eigenvalue weighted by molar-refractivity contribution is 6.07. The number of rotatable bonds is 7. The fourth-order valence-corrected chi connectivity index (χ4v) is 2.93. The van der Waals surface area contributed by atoms with Crippen molar-refractivity contribution in [3.8, 4) is 11.3 Å². The monoisotopic (exact) mass is 348 g/mol. The van der Waals surface area contributed by atoms with Gasteiger partial charge in [0.05, 0.1) is 16.8 Å². The zero-order chi connectivity index (χ0) is 18.4. The van der Waals surface area contributed by atoms with Gasteiger partial charge in [-0.25, -0.2) is 4.98 Å². The summed E-state index contributed by atoms with van der Waals surface area (Å²) in [6, 6.07) is 17.8. The number of pyridine rings is 1. The van der Waals surface area contributed by atoms with Crippen LogP contribution in [0.5, 0.6) is 0 Å². The number of fused-ring (bicyclic) bond motifs is 1. The summed E-state index contributed by atoms with van der Waals surface area (Å²) in [7, 11) is 0. The molecule has 134 valence electrons. The molecule has 2 aromatic carbocycles. The minimum Gasteiger partial charge on any atom is -0.382 e. The maximum absolute atomic E-state index is 12.8. The number of ether oxygens (including phenoxy) is 1. The van der Waals surface area contributed by atoms with Crippen molar-refractivity contribution in [2.75, 3.05) is 19.8 Å². The Hall–Kier alpha value is -2.72. The number of amides is 1. The summed E-state index contributed by atoms with van der Waals surface area (Å²) in [5, 5.41) is 3.86. The molecule has 0 aliphatic rings. The molecule has 3 rings (SSSR count). The van der Waals surface area contributed by atoms with Gasteiger partial charge in [-0.2, -0.15) is 0 Å². The molecule has 1 aromatic heterocycles. The van der Waals surface area contributed by atoms with E-state index in [1.165, 1.54) is 5.56 Å². The van der Waals surface area contributed by atoms with E-state index in [4.69, 9.17) is 9.72 Å². The van der Waals surface area contributed by atoms with Crippen LogP contribution in [0.3, 0.4) is 0 Å². The van der Waals surface area contributed by atoms with Crippen molar-refractivity contribution in [2.24, 2.45) is 0 Å². The Bertz CT molecular complexity index is 906. The van der Waals surface area contributed by atoms with Crippen LogP contribution in [0.15, 0.2) is 54.6 Å². The van der Waals surface area contributed by atoms with Crippen LogP contribution in [0.2, 0.25) is 0 Å². The second-order valence-corrected chi connectivity index (χ2v) is 6.25. The standard InChI is InChI=1S/C22H24N2O2/c1-3-26-13-7-12-23-22(25)19-15-21(17-9-6-8-16(2)14-17)24-20-11-5-4-10-18(19)20/h4-6,8-11,14-15H,3,7,12-13H2,1-2H3,(H,23,25). The summed E-state index contributed by atoms with van der Waals surface area (Å²) in [5.41, 5.74) is 4.47. The van der Waals surface area contributed by atoms with Crippen LogP contribution < -0.4 is 5.32 Å². The summed E-state index contributed by atoms with van der Waals surface area (Å²) >= 11 is 0. The van der Waals surface area contributed by atoms with E-state index in [1.807, 2.05) is 49.4 Å². The molecule has 0 saturated carbocycles. The van der Waals surface area contributed by atoms with E-state index in [-0.39, 0.29) is 5.91 Å². The first-order chi connectivity index (χ1) is 12.7. The van der Waals surface area contributed by atoms with E-state index in [0.29, 0.717) is 25.3 Å². The Morgan fingerprint density at radius 1 is 1.12 bits per heavy atom. The molecule has 0 radical (unpaired) electrons. The SMILES string of the molecule is CCOCCCNC(=O)c1cc(-c2cccc(C)c2)nc2ccccc12. The van der Waals surface area contributed by atoms with Crippen molar-refractivity contribution >= 4 is 16.8 Å². The number of nitrogens with zero attached hydrogens (tertiary/aromatic N) is 1. The van der Waals surface area contributed by atoms with E-state index >= 15 is 0 Å². The van der Waals surface area contributed by atoms with Crippen molar-refractivity contribution in [3.63, 3.8) is 0 Å². The lowest BCUT2D eigenvalue weighted by Gasteiger charge is -2.11. The number of para-hydroxylation sites is 1. The highest BCUT2D eigenvalue weighted by Gasteiger charge is 2.13. The Labute approximate surface area is 154 Å². The van der Waals surface area contributed by atoms with Crippen LogP contribution in [0, 0.1) is 6.92 Å². The van der Waals surface area contributed by atoms with Crippen molar-refractivity contribution < 1.29 is 9.53 Å². The highest BCUT2D eigenvalue weighted by atomic mass is 16.5. The molecule has 0 atom stereocenters. The lowest BCUT2D eigenvalue weighted by Crippen LogP contribution is -2.25. The molecular weight excluding hydrogens is 324 g/mol. The van der Waals surface area contributed by atoms with Crippen molar-refractivity contribution in [1.82, 2.24) is 10.3 Å². The Balaban J connectivity index is 1.91. The predicted molar refractivity (Wildman–Crippen MR) is 105 cm³/mol. The van der Waals surface area contributed by atoms with Crippen LogP contribution >= 0.6 is 0 Å². The predicted octanol–water partition coefficient (Wildman–Crippen LogP) is 4.37. The van der Waals surface area contributed by atoms with E-state index in [0.717, 1.165) is 28.6 Å². The number of nitrogens with one attached hydrogen (secondary N) is 1. The maximum Gasteiger partial charge on any atom is 0.252 e. The van der Waals surface area contributed by atoms with Gasteiger partial charge in [-0.1, -0.05) is 42.0 Å². The molecule has 0 unspecified atom stereocenters. The molecule has 0 aliphatic heterocycles. The van der Waals surface area contributed by atoms with Gasteiger partial charge in [-0.3, -0.25) is 4.79 Å². The van der Waals surface area contributed by atoms with Crippen LogP contribution in [-0.4, -0.2) is 30.6 Å². The van der Waals surface area contributed by atoms with Crippen LogP contribution in [0.25, 0.3) is 22.2 Å². The van der Waals surface area contributed by atoms with Gasteiger partial charge in [0.2, 0.25) is 0 Å². The van der Waals surface area contributed by atoms with Gasteiger partial charge in [0, 0.05) is 30.7 Å². The fraction of sp³-hybridized carbons (Fsp3) is 0.273. The molecule has 0 saturated heterocycles. The Morgan fingerprint density at radius 3 is 2.77 bits per heavy atom. The molecular formula is C22H24N2O2. The lowest BCUT2D eigenvalue weighted by molar-refractivity contribution is 0.0946. The highest BCUT2D eigenvalue weighted by Crippen LogP contribution is 2.25. The molecule has 0 spiro atoms. The molecule has 0 aliphatic carbocycles. The van der Waals surface area contributed by atoms with Crippen molar-refractivity contribution in [2.45, 2.75) is 20.3 Å². The number of aromatic nitrogens is 1. The summed E-state index contributed by atoms with van der Waals surface area (Å²) in [5.74, 6) is -0.0750. The first kappa shape index (κ1) is 18.1. The zero-order valence-electron chi connectivity index (χ0n) is 15.3. The van der Waals surface area contributed by atoms with Gasteiger partial charge in [0.15, 0.2) is 0 Å². The second kappa shape index (κ2) is 8.59. The molecule has 1 heterocycles. The number of carbonyl (C=O) groups is 1. The quantitative estimate of drug-likeness (QED) is 0.645. The summed E-state index contributed by atoms with van der Waals surface area (Å²) < 4.78 is 5.32. The average molecular weight is 348 g/mol. The second-order valence-electron chi connectivity index (χ2n) is 6.25. The van der Waals surface area contributed by atoms with Gasteiger partial charge in [-0.15, -0.1) is 0 Å². The topological polar surface area (TPSA) is 51.2 Å². The summed E-state index contributed by atoms with van der Waals surface area (Å²) in [4.78, 5) is 17.5. The third kappa shape index (κ3) is 4.27. The maximum atomic E-state index is 12.8. The van der Waals surface area contributed by atoms with Gasteiger partial charge in [-0.05, 0) is 38.5 Å². The van der Waals surface area contributed by atoms with Crippen LogP contribution in [-0.2, 0) is 4.74 Å². The van der Waals surface area contributed by atoms with Crippen molar-refractivity contribution in [1.29, 1.82) is 0 Å². The first-order valence-corrected chi connectivity index (χ1v) is 9.02. The molecule has 4 heteroatoms. The van der Waals surface area contributed by atoms with Crippen molar-refractivity contribution in [3.05, 3.63) is 65.7 Å². The fourth-order valence-electron chi connectivity index (χ4n) is 2.93. The minimum absolute atomic E-state index is 0.0750. The lowest BCUT2D eigenvalue weighted by atomic mass is 10.0. The number of benzene rings is 2. The van der Waals surface area contributed by atoms with Gasteiger partial charge in [0.25, 0.3) is 5.91 Å². The first-order valence-electron chi connectivity index (χ1n) is 9.02. The third-order valence-corrected chi connectivity index (χ3v) is 4.23. The molecule has 26 heavy (non-hydrogen) atoms. The number of hydrogen-bond donors (Lipinski definition) is 1. The van der Waals surface area contributed by atoms with E-state index in [1.54, 1.807) is 0 Å². The summed E-state index contributed by atoms with van der Waals surface area (Å²) in [6.45, 7) is 5.96. The Morgan fingerprint density at radius 2 is 1.96 bits per heavy atom. The zero-order valence-corrected chi connectivity index (χ0v) is 15.3. The molecule has 0 bridgehead atoms. The molecule has 3 aromatic rings. The number of aryl methyl sites for hydroxylation is 1. The Kier molecular flexibility index (Phi) is 5.97. The minimum atomic E-state index is -0.0750. The normalized spacial score (nSPS) is 10.8. The number of carbonyl (C=O) groups excluding carboxylic acids is 1. The summed E-state index contributed by atoms with van der Waals surface area (Å²) in [6.07, 6.45) is 0.799. The average Bonchev–Trinajstić information content (AvgIpc) is 2.66. The van der Waals surface area contributed by atoms with Crippen LogP contribution in [0.4, 0.5) is 0 Å². The third-order valence-electron chi connectivity index (χ3n) is 4.23. The molecule has 1 N–H and O–H groups in total. The van der Waals surface area contributed by atoms with Crippen LogP contribution in [0.1, 0.15) is 29.3 Å². The molecule has 1 amide bonds. The molecule has 0 fully saturated rings. The van der Waals surface area contributed by atoms with Gasteiger partial charge >= 0.3 is 0 Å². The van der Waals surface area contributed by atoms with E-state index in [9.17, 15) is 4.79 Å². The smallest absolute Gasteiger partial charge is 0.252 e. The van der Waals surface area contributed by atoms with Gasteiger partial charge < -0.3 is 10.1 Å². The largest absolute Gasteiger partial charge is 0.382 e. The van der Waals surface area contributed by atoms with E-state index < -0.39 is 0 Å².